The topological polar surface area (TPSA) is 29.5 Å². The van der Waals surface area contributed by atoms with Crippen molar-refractivity contribution in [3.8, 4) is 0 Å². The van der Waals surface area contributed by atoms with E-state index in [1.165, 1.54) is 16.3 Å². The van der Waals surface area contributed by atoms with Gasteiger partial charge in [0.15, 0.2) is 0 Å². The molecule has 2 atom stereocenters. The van der Waals surface area contributed by atoms with Crippen molar-refractivity contribution < 1.29 is 9.84 Å². The molecule has 0 amide bonds. The maximum Gasteiger partial charge on any atom is 0.0842 e. The van der Waals surface area contributed by atoms with E-state index in [1.54, 1.807) is 0 Å². The minimum absolute atomic E-state index is 0.0797. The number of benzene rings is 2. The lowest BCUT2D eigenvalue weighted by atomic mass is 9.97. The van der Waals surface area contributed by atoms with Crippen LogP contribution in [0.5, 0.6) is 0 Å². The van der Waals surface area contributed by atoms with Crippen LogP contribution in [0.3, 0.4) is 0 Å². The van der Waals surface area contributed by atoms with Crippen LogP contribution in [0.2, 0.25) is 0 Å². The first kappa shape index (κ1) is 14.0. The Balaban J connectivity index is 2.21. The predicted molar refractivity (Wildman–Crippen MR) is 79.4 cm³/mol. The molecule has 0 aromatic heterocycles. The fourth-order valence-electron chi connectivity index (χ4n) is 2.54. The third-order valence-electron chi connectivity index (χ3n) is 3.52. The van der Waals surface area contributed by atoms with Crippen molar-refractivity contribution in [3.05, 3.63) is 48.0 Å². The van der Waals surface area contributed by atoms with E-state index in [4.69, 9.17) is 4.74 Å². The van der Waals surface area contributed by atoms with E-state index in [9.17, 15) is 5.11 Å². The summed E-state index contributed by atoms with van der Waals surface area (Å²) in [6, 6.07) is 14.5. The Bertz CT molecular complexity index is 516. The fraction of sp³-hybridized carbons (Fsp3) is 0.412. The quantitative estimate of drug-likeness (QED) is 0.858. The van der Waals surface area contributed by atoms with Crippen molar-refractivity contribution in [2.24, 2.45) is 0 Å². The molecule has 0 aliphatic heterocycles. The molecule has 0 aliphatic rings. The molecule has 0 bridgehead atoms. The molecule has 2 aromatic rings. The zero-order valence-corrected chi connectivity index (χ0v) is 11.7. The third-order valence-corrected chi connectivity index (χ3v) is 3.52. The first-order valence-corrected chi connectivity index (χ1v) is 7.02. The van der Waals surface area contributed by atoms with Crippen LogP contribution in [-0.4, -0.2) is 23.9 Å². The molecule has 2 nitrogen and oxygen atoms in total. The van der Waals surface area contributed by atoms with Gasteiger partial charge in [-0.05, 0) is 29.7 Å². The summed E-state index contributed by atoms with van der Waals surface area (Å²) >= 11 is 0. The van der Waals surface area contributed by atoms with Crippen LogP contribution in [0, 0.1) is 0 Å². The molecule has 0 heterocycles. The third kappa shape index (κ3) is 3.34. The highest BCUT2D eigenvalue weighted by molar-refractivity contribution is 5.85. The standard InChI is InChI=1S/C17H22O2/c1-3-17(19-4-2)16(18)12-14-10-7-9-13-8-5-6-11-15(13)14/h5-11,16-18H,3-4,12H2,1-2H3. The van der Waals surface area contributed by atoms with Crippen molar-refractivity contribution in [1.29, 1.82) is 0 Å². The Morgan fingerprint density at radius 3 is 2.53 bits per heavy atom. The highest BCUT2D eigenvalue weighted by atomic mass is 16.5. The molecule has 2 heteroatoms. The molecule has 19 heavy (non-hydrogen) atoms. The number of hydrogen-bond donors (Lipinski definition) is 1. The van der Waals surface area contributed by atoms with Gasteiger partial charge in [-0.25, -0.2) is 0 Å². The van der Waals surface area contributed by atoms with E-state index in [0.717, 1.165) is 6.42 Å². The van der Waals surface area contributed by atoms with Gasteiger partial charge >= 0.3 is 0 Å². The minimum atomic E-state index is -0.448. The smallest absolute Gasteiger partial charge is 0.0842 e. The van der Waals surface area contributed by atoms with Crippen LogP contribution in [0.1, 0.15) is 25.8 Å². The van der Waals surface area contributed by atoms with Crippen LogP contribution in [0.4, 0.5) is 0 Å². The Morgan fingerprint density at radius 2 is 1.79 bits per heavy atom. The summed E-state index contributed by atoms with van der Waals surface area (Å²) in [7, 11) is 0. The number of rotatable bonds is 6. The zero-order valence-electron chi connectivity index (χ0n) is 11.7. The van der Waals surface area contributed by atoms with Gasteiger partial charge in [0.1, 0.15) is 0 Å². The van der Waals surface area contributed by atoms with Crippen LogP contribution in [0.25, 0.3) is 10.8 Å². The number of hydrogen-bond acceptors (Lipinski definition) is 2. The monoisotopic (exact) mass is 258 g/mol. The molecular formula is C17H22O2. The van der Waals surface area contributed by atoms with Crippen LogP contribution < -0.4 is 0 Å². The summed E-state index contributed by atoms with van der Waals surface area (Å²) in [5.74, 6) is 0. The van der Waals surface area contributed by atoms with Gasteiger partial charge in [0.2, 0.25) is 0 Å². The number of aliphatic hydroxyl groups excluding tert-OH is 1. The Morgan fingerprint density at radius 1 is 1.05 bits per heavy atom. The highest BCUT2D eigenvalue weighted by Crippen LogP contribution is 2.21. The number of fused-ring (bicyclic) bond motifs is 1. The van der Waals surface area contributed by atoms with Gasteiger partial charge < -0.3 is 9.84 Å². The zero-order chi connectivity index (χ0) is 13.7. The molecule has 0 fully saturated rings. The minimum Gasteiger partial charge on any atom is -0.390 e. The number of ether oxygens (including phenoxy) is 1. The molecule has 0 saturated heterocycles. The van der Waals surface area contributed by atoms with Crippen LogP contribution >= 0.6 is 0 Å². The first-order valence-electron chi connectivity index (χ1n) is 7.02. The molecule has 0 aliphatic carbocycles. The largest absolute Gasteiger partial charge is 0.390 e. The van der Waals surface area contributed by atoms with Gasteiger partial charge in [-0.15, -0.1) is 0 Å². The van der Waals surface area contributed by atoms with E-state index in [0.29, 0.717) is 13.0 Å². The Kier molecular flexibility index (Phi) is 4.94. The van der Waals surface area contributed by atoms with Crippen LogP contribution in [-0.2, 0) is 11.2 Å². The summed E-state index contributed by atoms with van der Waals surface area (Å²) < 4.78 is 5.59. The molecule has 0 saturated carbocycles. The molecule has 2 unspecified atom stereocenters. The van der Waals surface area contributed by atoms with Gasteiger partial charge in [-0.2, -0.15) is 0 Å². The second-order valence-electron chi connectivity index (χ2n) is 4.81. The lowest BCUT2D eigenvalue weighted by molar-refractivity contribution is -0.0333. The molecular weight excluding hydrogens is 236 g/mol. The van der Waals surface area contributed by atoms with Crippen molar-refractivity contribution in [1.82, 2.24) is 0 Å². The maximum absolute atomic E-state index is 10.3. The van der Waals surface area contributed by atoms with E-state index >= 15 is 0 Å². The second-order valence-corrected chi connectivity index (χ2v) is 4.81. The second kappa shape index (κ2) is 6.69. The predicted octanol–water partition coefficient (Wildman–Crippen LogP) is 3.56. The van der Waals surface area contributed by atoms with Crippen molar-refractivity contribution in [2.45, 2.75) is 38.9 Å². The van der Waals surface area contributed by atoms with E-state index < -0.39 is 6.10 Å². The Hall–Kier alpha value is -1.38. The van der Waals surface area contributed by atoms with Gasteiger partial charge in [0.25, 0.3) is 0 Å². The van der Waals surface area contributed by atoms with E-state index in [1.807, 2.05) is 32.0 Å². The molecule has 2 aromatic carbocycles. The van der Waals surface area contributed by atoms with Crippen molar-refractivity contribution in [3.63, 3.8) is 0 Å². The first-order chi connectivity index (χ1) is 9.26. The molecule has 2 rings (SSSR count). The molecule has 0 spiro atoms. The maximum atomic E-state index is 10.3. The fourth-order valence-corrected chi connectivity index (χ4v) is 2.54. The average Bonchev–Trinajstić information content (AvgIpc) is 2.45. The van der Waals surface area contributed by atoms with Gasteiger partial charge in [-0.3, -0.25) is 0 Å². The van der Waals surface area contributed by atoms with E-state index in [2.05, 4.69) is 24.3 Å². The lowest BCUT2D eigenvalue weighted by Gasteiger charge is -2.22. The lowest BCUT2D eigenvalue weighted by Crippen LogP contribution is -2.30. The summed E-state index contributed by atoms with van der Waals surface area (Å²) in [6.07, 6.45) is 0.944. The van der Waals surface area contributed by atoms with Gasteiger partial charge in [-0.1, -0.05) is 49.4 Å². The molecule has 0 radical (unpaired) electrons. The van der Waals surface area contributed by atoms with Gasteiger partial charge in [0, 0.05) is 13.0 Å². The van der Waals surface area contributed by atoms with E-state index in [-0.39, 0.29) is 6.10 Å². The SMILES string of the molecule is CCOC(CC)C(O)Cc1cccc2ccccc12. The summed E-state index contributed by atoms with van der Waals surface area (Å²) in [6.45, 7) is 4.66. The van der Waals surface area contributed by atoms with Crippen molar-refractivity contribution >= 4 is 10.8 Å². The van der Waals surface area contributed by atoms with Crippen LogP contribution in [0.15, 0.2) is 42.5 Å². The summed E-state index contributed by atoms with van der Waals surface area (Å²) in [5, 5.41) is 12.8. The summed E-state index contributed by atoms with van der Waals surface area (Å²) in [5.41, 5.74) is 1.18. The van der Waals surface area contributed by atoms with Gasteiger partial charge in [0.05, 0.1) is 12.2 Å². The average molecular weight is 258 g/mol. The Labute approximate surface area is 115 Å². The highest BCUT2D eigenvalue weighted by Gasteiger charge is 2.18. The number of aliphatic hydroxyl groups is 1. The van der Waals surface area contributed by atoms with Crippen molar-refractivity contribution in [2.75, 3.05) is 6.61 Å². The summed E-state index contributed by atoms with van der Waals surface area (Å²) in [4.78, 5) is 0. The normalized spacial score (nSPS) is 14.5. The molecule has 102 valence electrons. The molecule has 1 N–H and O–H groups in total.